The molecule has 18 heavy (non-hydrogen) atoms. The lowest BCUT2D eigenvalue weighted by Crippen LogP contribution is -1.98. The highest BCUT2D eigenvalue weighted by molar-refractivity contribution is 5.90. The van der Waals surface area contributed by atoms with Gasteiger partial charge in [-0.1, -0.05) is 29.8 Å². The SMILES string of the molecule is Cc1ccc(C=Cc2n[nH]nc2C(=O)O)c(C)c1. The average Bonchev–Trinajstić information content (AvgIpc) is 2.76. The largest absolute Gasteiger partial charge is 0.476 e. The molecule has 2 aromatic rings. The third-order valence-electron chi connectivity index (χ3n) is 2.62. The molecule has 0 aliphatic carbocycles. The molecule has 0 fully saturated rings. The molecule has 0 atom stereocenters. The van der Waals surface area contributed by atoms with Crippen LogP contribution < -0.4 is 0 Å². The van der Waals surface area contributed by atoms with Gasteiger partial charge in [0.05, 0.1) is 0 Å². The molecule has 5 nitrogen and oxygen atoms in total. The van der Waals surface area contributed by atoms with Crippen molar-refractivity contribution in [1.29, 1.82) is 0 Å². The van der Waals surface area contributed by atoms with Crippen molar-refractivity contribution in [2.75, 3.05) is 0 Å². The van der Waals surface area contributed by atoms with E-state index >= 15 is 0 Å². The summed E-state index contributed by atoms with van der Waals surface area (Å²) in [4.78, 5) is 10.8. The number of carbonyl (C=O) groups is 1. The number of nitrogens with zero attached hydrogens (tertiary/aromatic N) is 2. The zero-order chi connectivity index (χ0) is 13.1. The van der Waals surface area contributed by atoms with Crippen LogP contribution in [0, 0.1) is 13.8 Å². The minimum absolute atomic E-state index is 0.0731. The van der Waals surface area contributed by atoms with E-state index in [0.29, 0.717) is 5.69 Å². The topological polar surface area (TPSA) is 78.9 Å². The smallest absolute Gasteiger partial charge is 0.358 e. The standard InChI is InChI=1S/C13H13N3O2/c1-8-3-4-10(9(2)7-8)5-6-11-12(13(17)18)15-16-14-11/h3-7H,1-2H3,(H,17,18)(H,14,15,16). The molecule has 2 rings (SSSR count). The van der Waals surface area contributed by atoms with Crippen LogP contribution in [-0.2, 0) is 0 Å². The Kier molecular flexibility index (Phi) is 3.23. The molecule has 0 unspecified atom stereocenters. The first kappa shape index (κ1) is 12.0. The molecule has 0 radical (unpaired) electrons. The number of aromatic nitrogens is 3. The van der Waals surface area contributed by atoms with Gasteiger partial charge in [0.2, 0.25) is 0 Å². The molecule has 5 heteroatoms. The number of H-pyrrole nitrogens is 1. The van der Waals surface area contributed by atoms with E-state index in [1.807, 2.05) is 32.1 Å². The fourth-order valence-corrected chi connectivity index (χ4v) is 1.69. The molecule has 0 saturated heterocycles. The summed E-state index contributed by atoms with van der Waals surface area (Å²) in [5, 5.41) is 18.6. The second-order valence-electron chi connectivity index (χ2n) is 4.06. The van der Waals surface area contributed by atoms with Crippen molar-refractivity contribution in [3.05, 3.63) is 46.3 Å². The van der Waals surface area contributed by atoms with Gasteiger partial charge in [0.15, 0.2) is 5.69 Å². The third-order valence-corrected chi connectivity index (χ3v) is 2.62. The molecule has 0 amide bonds. The maximum Gasteiger partial charge on any atom is 0.358 e. The zero-order valence-electron chi connectivity index (χ0n) is 10.1. The number of hydrogen-bond acceptors (Lipinski definition) is 3. The summed E-state index contributed by atoms with van der Waals surface area (Å²) in [6.07, 6.45) is 3.48. The Morgan fingerprint density at radius 3 is 2.72 bits per heavy atom. The maximum atomic E-state index is 10.8. The monoisotopic (exact) mass is 243 g/mol. The summed E-state index contributed by atoms with van der Waals surface area (Å²) in [6.45, 7) is 4.04. The van der Waals surface area contributed by atoms with Crippen LogP contribution in [0.5, 0.6) is 0 Å². The van der Waals surface area contributed by atoms with E-state index in [4.69, 9.17) is 5.11 Å². The predicted molar refractivity (Wildman–Crippen MR) is 68.2 cm³/mol. The number of nitrogens with one attached hydrogen (secondary N) is 1. The van der Waals surface area contributed by atoms with Crippen LogP contribution in [-0.4, -0.2) is 26.5 Å². The molecular weight excluding hydrogens is 230 g/mol. The first-order valence-electron chi connectivity index (χ1n) is 5.47. The summed E-state index contributed by atoms with van der Waals surface area (Å²) in [5.74, 6) is -1.09. The van der Waals surface area contributed by atoms with Crippen LogP contribution in [0.15, 0.2) is 18.2 Å². The summed E-state index contributed by atoms with van der Waals surface area (Å²) < 4.78 is 0. The number of carboxylic acid groups (broad SMARTS) is 1. The first-order chi connectivity index (χ1) is 8.58. The number of hydrogen-bond donors (Lipinski definition) is 2. The van der Waals surface area contributed by atoms with E-state index in [0.717, 1.165) is 11.1 Å². The lowest BCUT2D eigenvalue weighted by atomic mass is 10.1. The minimum atomic E-state index is -1.09. The average molecular weight is 243 g/mol. The van der Waals surface area contributed by atoms with Crippen molar-refractivity contribution in [3.8, 4) is 0 Å². The molecule has 1 aromatic heterocycles. The van der Waals surface area contributed by atoms with Crippen molar-refractivity contribution in [1.82, 2.24) is 15.4 Å². The van der Waals surface area contributed by atoms with Gasteiger partial charge in [0.25, 0.3) is 0 Å². The van der Waals surface area contributed by atoms with Gasteiger partial charge in [0.1, 0.15) is 5.69 Å². The Hall–Kier alpha value is -2.43. The normalized spacial score (nSPS) is 11.0. The molecule has 0 aliphatic rings. The minimum Gasteiger partial charge on any atom is -0.476 e. The maximum absolute atomic E-state index is 10.8. The Balaban J connectivity index is 2.30. The Morgan fingerprint density at radius 1 is 1.28 bits per heavy atom. The van der Waals surface area contributed by atoms with Crippen molar-refractivity contribution >= 4 is 18.1 Å². The van der Waals surface area contributed by atoms with Crippen molar-refractivity contribution in [2.24, 2.45) is 0 Å². The Labute approximate surface area is 104 Å². The van der Waals surface area contributed by atoms with E-state index in [-0.39, 0.29) is 5.69 Å². The highest BCUT2D eigenvalue weighted by Gasteiger charge is 2.12. The molecular formula is C13H13N3O2. The number of benzene rings is 1. The lowest BCUT2D eigenvalue weighted by Gasteiger charge is -2.01. The lowest BCUT2D eigenvalue weighted by molar-refractivity contribution is 0.0690. The van der Waals surface area contributed by atoms with Gasteiger partial charge in [-0.05, 0) is 31.1 Å². The molecule has 1 heterocycles. The van der Waals surface area contributed by atoms with E-state index in [2.05, 4.69) is 21.5 Å². The van der Waals surface area contributed by atoms with Gasteiger partial charge < -0.3 is 5.11 Å². The predicted octanol–water partition coefficient (Wildman–Crippen LogP) is 2.29. The summed E-state index contributed by atoms with van der Waals surface area (Å²) >= 11 is 0. The number of aromatic amines is 1. The third kappa shape index (κ3) is 2.45. The summed E-state index contributed by atoms with van der Waals surface area (Å²) in [7, 11) is 0. The number of aromatic carboxylic acids is 1. The van der Waals surface area contributed by atoms with Crippen LogP contribution in [0.2, 0.25) is 0 Å². The molecule has 1 aromatic carbocycles. The highest BCUT2D eigenvalue weighted by Crippen LogP contribution is 2.14. The van der Waals surface area contributed by atoms with Crippen LogP contribution in [0.25, 0.3) is 12.2 Å². The first-order valence-corrected chi connectivity index (χ1v) is 5.47. The van der Waals surface area contributed by atoms with Gasteiger partial charge >= 0.3 is 5.97 Å². The number of carboxylic acids is 1. The molecule has 2 N–H and O–H groups in total. The molecule has 0 saturated carbocycles. The van der Waals surface area contributed by atoms with E-state index in [9.17, 15) is 4.79 Å². The van der Waals surface area contributed by atoms with Crippen molar-refractivity contribution in [3.63, 3.8) is 0 Å². The van der Waals surface area contributed by atoms with E-state index < -0.39 is 5.97 Å². The van der Waals surface area contributed by atoms with Crippen molar-refractivity contribution < 1.29 is 9.90 Å². The molecule has 0 bridgehead atoms. The van der Waals surface area contributed by atoms with E-state index in [1.54, 1.807) is 6.08 Å². The summed E-state index contributed by atoms with van der Waals surface area (Å²) in [6, 6.07) is 6.07. The van der Waals surface area contributed by atoms with Crippen LogP contribution in [0.4, 0.5) is 0 Å². The van der Waals surface area contributed by atoms with Gasteiger partial charge in [-0.15, -0.1) is 5.10 Å². The van der Waals surface area contributed by atoms with Crippen molar-refractivity contribution in [2.45, 2.75) is 13.8 Å². The summed E-state index contributed by atoms with van der Waals surface area (Å²) in [5.41, 5.74) is 3.60. The second-order valence-corrected chi connectivity index (χ2v) is 4.06. The van der Waals surface area contributed by atoms with Crippen LogP contribution >= 0.6 is 0 Å². The fraction of sp³-hybridized carbons (Fsp3) is 0.154. The number of aryl methyl sites for hydroxylation is 2. The molecule has 92 valence electrons. The van der Waals surface area contributed by atoms with E-state index in [1.165, 1.54) is 5.56 Å². The Morgan fingerprint density at radius 2 is 2.06 bits per heavy atom. The fourth-order valence-electron chi connectivity index (χ4n) is 1.69. The van der Waals surface area contributed by atoms with Gasteiger partial charge in [-0.2, -0.15) is 10.3 Å². The van der Waals surface area contributed by atoms with Gasteiger partial charge in [-0.3, -0.25) is 0 Å². The zero-order valence-corrected chi connectivity index (χ0v) is 10.1. The van der Waals surface area contributed by atoms with Gasteiger partial charge in [-0.25, -0.2) is 4.79 Å². The second kappa shape index (κ2) is 4.83. The highest BCUT2D eigenvalue weighted by atomic mass is 16.4. The molecule has 0 spiro atoms. The number of rotatable bonds is 3. The molecule has 0 aliphatic heterocycles. The quantitative estimate of drug-likeness (QED) is 0.866. The Bertz CT molecular complexity index is 614. The van der Waals surface area contributed by atoms with Crippen LogP contribution in [0.1, 0.15) is 32.9 Å². The van der Waals surface area contributed by atoms with Gasteiger partial charge in [0, 0.05) is 0 Å². The van der Waals surface area contributed by atoms with Crippen LogP contribution in [0.3, 0.4) is 0 Å².